The van der Waals surface area contributed by atoms with Crippen LogP contribution in [0.1, 0.15) is 34.0 Å². The number of amidine groups is 1. The van der Waals surface area contributed by atoms with Gasteiger partial charge in [0.15, 0.2) is 11.3 Å². The Morgan fingerprint density at radius 1 is 1.29 bits per heavy atom. The van der Waals surface area contributed by atoms with Crippen LogP contribution in [0.25, 0.3) is 11.0 Å². The van der Waals surface area contributed by atoms with Crippen LogP contribution in [-0.2, 0) is 6.42 Å². The lowest BCUT2D eigenvalue weighted by molar-refractivity contribution is 0.318. The molecule has 1 aromatic carbocycles. The van der Waals surface area contributed by atoms with Gasteiger partial charge in [-0.2, -0.15) is 4.39 Å². The number of anilines is 1. The molecule has 3 heterocycles. The number of oxime groups is 1. The minimum absolute atomic E-state index is 0.0149. The van der Waals surface area contributed by atoms with Gasteiger partial charge in [-0.15, -0.1) is 0 Å². The van der Waals surface area contributed by atoms with Crippen LogP contribution in [0.15, 0.2) is 57.2 Å². The number of fused-ring (bicyclic) bond motifs is 1. The molecule has 0 aliphatic carbocycles. The fourth-order valence-electron chi connectivity index (χ4n) is 3.82. The van der Waals surface area contributed by atoms with E-state index in [0.717, 1.165) is 17.8 Å². The summed E-state index contributed by atoms with van der Waals surface area (Å²) in [6.07, 6.45) is 2.03. The predicted molar refractivity (Wildman–Crippen MR) is 128 cm³/mol. The number of rotatable bonds is 6. The average molecular weight is 500 g/mol. The van der Waals surface area contributed by atoms with Crippen LogP contribution >= 0.6 is 11.6 Å². The normalized spacial score (nSPS) is 12.7. The molecule has 0 fully saturated rings. The van der Waals surface area contributed by atoms with Crippen molar-refractivity contribution in [3.63, 3.8) is 0 Å². The van der Waals surface area contributed by atoms with Crippen LogP contribution in [-0.4, -0.2) is 21.0 Å². The Morgan fingerprint density at radius 3 is 2.80 bits per heavy atom. The van der Waals surface area contributed by atoms with E-state index in [2.05, 4.69) is 20.4 Å². The number of nitrogens with one attached hydrogen (secondary N) is 1. The second kappa shape index (κ2) is 9.67. The molecule has 11 heteroatoms. The van der Waals surface area contributed by atoms with Gasteiger partial charge in [0, 0.05) is 23.1 Å². The van der Waals surface area contributed by atoms with E-state index in [9.17, 15) is 18.8 Å². The van der Waals surface area contributed by atoms with Crippen molar-refractivity contribution >= 4 is 34.1 Å². The van der Waals surface area contributed by atoms with Gasteiger partial charge >= 0.3 is 0 Å². The van der Waals surface area contributed by atoms with Crippen molar-refractivity contribution in [3.05, 3.63) is 97.9 Å². The lowest BCUT2D eigenvalue weighted by Gasteiger charge is -2.23. The molecule has 0 amide bonds. The van der Waals surface area contributed by atoms with Crippen LogP contribution in [0.3, 0.4) is 0 Å². The number of aryl methyl sites for hydroxylation is 2. The first-order valence-corrected chi connectivity index (χ1v) is 10.8. The molecule has 0 saturated carbocycles. The first kappa shape index (κ1) is 24.1. The highest BCUT2D eigenvalue weighted by Crippen LogP contribution is 2.32. The lowest BCUT2D eigenvalue weighted by atomic mass is 9.95. The number of benzene rings is 1. The summed E-state index contributed by atoms with van der Waals surface area (Å²) in [5, 5.41) is 15.8. The summed E-state index contributed by atoms with van der Waals surface area (Å²) in [5.41, 5.74) is 7.85. The van der Waals surface area contributed by atoms with E-state index >= 15 is 0 Å². The topological polar surface area (TPSA) is 127 Å². The van der Waals surface area contributed by atoms with Crippen LogP contribution in [0.4, 0.5) is 14.5 Å². The quantitative estimate of drug-likeness (QED) is 0.116. The summed E-state index contributed by atoms with van der Waals surface area (Å²) < 4.78 is 34.2. The Balaban J connectivity index is 1.93. The Bertz CT molecular complexity index is 1520. The number of hydrogen-bond acceptors (Lipinski definition) is 7. The minimum atomic E-state index is -0.849. The third kappa shape index (κ3) is 4.92. The maximum absolute atomic E-state index is 14.5. The van der Waals surface area contributed by atoms with Crippen molar-refractivity contribution in [2.45, 2.75) is 26.3 Å². The summed E-state index contributed by atoms with van der Waals surface area (Å²) in [6.45, 7) is 3.44. The molecule has 0 aliphatic rings. The van der Waals surface area contributed by atoms with E-state index in [4.69, 9.17) is 21.8 Å². The standard InChI is InChI=1S/C24H20ClF2N5O3/c1-11-5-15(22-16(6-11)21(33)12(2)10-35-22)18(8-13-7-14(26)9-29-23(13)27)30-17-3-4-19(25)31-20(17)24(28)32-34/h3-7,9-10,18,30,34H,8H2,1-2H3,(H2,28,32). The summed E-state index contributed by atoms with van der Waals surface area (Å²) >= 11 is 5.99. The molecule has 180 valence electrons. The van der Waals surface area contributed by atoms with Gasteiger partial charge < -0.3 is 20.7 Å². The fraction of sp³-hybridized carbons (Fsp3) is 0.167. The smallest absolute Gasteiger partial charge is 0.216 e. The molecule has 1 unspecified atom stereocenters. The molecular formula is C24H20ClF2N5O3. The predicted octanol–water partition coefficient (Wildman–Crippen LogP) is 4.62. The van der Waals surface area contributed by atoms with Crippen LogP contribution < -0.4 is 16.5 Å². The lowest BCUT2D eigenvalue weighted by Crippen LogP contribution is -2.22. The summed E-state index contributed by atoms with van der Waals surface area (Å²) in [4.78, 5) is 20.4. The average Bonchev–Trinajstić information content (AvgIpc) is 2.83. The second-order valence-corrected chi connectivity index (χ2v) is 8.39. The van der Waals surface area contributed by atoms with E-state index in [1.54, 1.807) is 32.0 Å². The molecule has 35 heavy (non-hydrogen) atoms. The van der Waals surface area contributed by atoms with Gasteiger partial charge in [-0.05, 0) is 43.7 Å². The monoisotopic (exact) mass is 499 g/mol. The Morgan fingerprint density at radius 2 is 2.06 bits per heavy atom. The van der Waals surface area contributed by atoms with E-state index < -0.39 is 17.8 Å². The summed E-state index contributed by atoms with van der Waals surface area (Å²) in [7, 11) is 0. The van der Waals surface area contributed by atoms with E-state index in [-0.39, 0.29) is 39.7 Å². The zero-order valence-corrected chi connectivity index (χ0v) is 19.4. The van der Waals surface area contributed by atoms with Gasteiger partial charge in [-0.1, -0.05) is 22.8 Å². The molecule has 0 aliphatic heterocycles. The molecule has 3 aromatic heterocycles. The van der Waals surface area contributed by atoms with E-state index in [0.29, 0.717) is 22.2 Å². The first-order chi connectivity index (χ1) is 16.7. The molecule has 8 nitrogen and oxygen atoms in total. The Labute approximate surface area is 203 Å². The first-order valence-electron chi connectivity index (χ1n) is 10.4. The van der Waals surface area contributed by atoms with Crippen molar-refractivity contribution in [1.29, 1.82) is 0 Å². The summed E-state index contributed by atoms with van der Waals surface area (Å²) in [5.74, 6) is -1.87. The van der Waals surface area contributed by atoms with Crippen molar-refractivity contribution in [1.82, 2.24) is 9.97 Å². The minimum Gasteiger partial charge on any atom is -0.463 e. The number of pyridine rings is 2. The van der Waals surface area contributed by atoms with Crippen molar-refractivity contribution < 1.29 is 18.4 Å². The molecule has 4 aromatic rings. The van der Waals surface area contributed by atoms with Crippen LogP contribution in [0.2, 0.25) is 5.15 Å². The van der Waals surface area contributed by atoms with Gasteiger partial charge in [0.05, 0.1) is 29.6 Å². The number of hydrogen-bond donors (Lipinski definition) is 3. The zero-order chi connectivity index (χ0) is 25.3. The molecule has 4 N–H and O–H groups in total. The van der Waals surface area contributed by atoms with Gasteiger partial charge in [0.25, 0.3) is 0 Å². The maximum Gasteiger partial charge on any atom is 0.216 e. The molecule has 4 rings (SSSR count). The van der Waals surface area contributed by atoms with E-state index in [1.807, 2.05) is 0 Å². The third-order valence-electron chi connectivity index (χ3n) is 5.44. The molecule has 0 spiro atoms. The van der Waals surface area contributed by atoms with Crippen LogP contribution in [0.5, 0.6) is 0 Å². The van der Waals surface area contributed by atoms with Crippen molar-refractivity contribution in [2.75, 3.05) is 5.32 Å². The Kier molecular flexibility index (Phi) is 6.65. The number of halogens is 3. The second-order valence-electron chi connectivity index (χ2n) is 8.00. The Hall–Kier alpha value is -4.05. The zero-order valence-electron chi connectivity index (χ0n) is 18.6. The van der Waals surface area contributed by atoms with Gasteiger partial charge in [0.1, 0.15) is 22.2 Å². The number of nitrogens with zero attached hydrogens (tertiary/aromatic N) is 3. The third-order valence-corrected chi connectivity index (χ3v) is 5.65. The highest BCUT2D eigenvalue weighted by atomic mass is 35.5. The number of nitrogens with two attached hydrogens (primary N) is 1. The largest absolute Gasteiger partial charge is 0.463 e. The molecular weight excluding hydrogens is 480 g/mol. The highest BCUT2D eigenvalue weighted by Gasteiger charge is 2.23. The van der Waals surface area contributed by atoms with Crippen LogP contribution in [0, 0.1) is 25.6 Å². The highest BCUT2D eigenvalue weighted by molar-refractivity contribution is 6.29. The maximum atomic E-state index is 14.5. The van der Waals surface area contributed by atoms with Crippen molar-refractivity contribution in [2.24, 2.45) is 10.9 Å². The summed E-state index contributed by atoms with van der Waals surface area (Å²) in [6, 6.07) is 6.76. The van der Waals surface area contributed by atoms with Gasteiger partial charge in [-0.25, -0.2) is 14.4 Å². The van der Waals surface area contributed by atoms with Gasteiger partial charge in [0.2, 0.25) is 5.95 Å². The molecule has 0 radical (unpaired) electrons. The van der Waals surface area contributed by atoms with E-state index in [1.165, 1.54) is 12.3 Å². The molecule has 0 saturated heterocycles. The molecule has 0 bridgehead atoms. The van der Waals surface area contributed by atoms with Gasteiger partial charge in [-0.3, -0.25) is 4.79 Å². The number of aromatic nitrogens is 2. The van der Waals surface area contributed by atoms with Crippen molar-refractivity contribution in [3.8, 4) is 0 Å². The molecule has 1 atom stereocenters. The SMILES string of the molecule is Cc1cc(C(Cc2cc(F)cnc2F)Nc2ccc(Cl)nc2C(N)=NO)c2occ(C)c(=O)c2c1. The fourth-order valence-corrected chi connectivity index (χ4v) is 3.97.